The molecule has 3 amide bonds. The van der Waals surface area contributed by atoms with Gasteiger partial charge in [0.15, 0.2) is 0 Å². The number of hydrogen-bond donors (Lipinski definition) is 3. The fourth-order valence-corrected chi connectivity index (χ4v) is 1.33. The van der Waals surface area contributed by atoms with Gasteiger partial charge in [0, 0.05) is 12.7 Å². The lowest BCUT2D eigenvalue weighted by Crippen LogP contribution is -2.37. The number of carbonyl (C=O) groups excluding carboxylic acids is 2. The predicted molar refractivity (Wildman–Crippen MR) is 67.3 cm³/mol. The molecule has 0 radical (unpaired) electrons. The minimum atomic E-state index is -0.528. The average Bonchev–Trinajstić information content (AvgIpc) is 2.36. The third-order valence-corrected chi connectivity index (χ3v) is 2.35. The average molecular weight is 267 g/mol. The number of amides is 3. The molecule has 7 heteroatoms. The zero-order valence-corrected chi connectivity index (χ0v) is 10.3. The molecule has 6 nitrogen and oxygen atoms in total. The fourth-order valence-electron chi connectivity index (χ4n) is 1.11. The molecule has 0 atom stereocenters. The van der Waals surface area contributed by atoms with Crippen LogP contribution >= 0.6 is 11.6 Å². The van der Waals surface area contributed by atoms with E-state index in [0.29, 0.717) is 11.3 Å². The lowest BCUT2D eigenvalue weighted by atomic mass is 10.2. The monoisotopic (exact) mass is 266 g/mol. The minimum absolute atomic E-state index is 0.119. The van der Waals surface area contributed by atoms with Crippen molar-refractivity contribution in [3.8, 4) is 6.07 Å². The Bertz CT molecular complexity index is 510. The van der Waals surface area contributed by atoms with Gasteiger partial charge >= 0.3 is 6.03 Å². The van der Waals surface area contributed by atoms with E-state index in [0.717, 1.165) is 0 Å². The summed E-state index contributed by atoms with van der Waals surface area (Å²) in [5.74, 6) is -0.303. The van der Waals surface area contributed by atoms with Crippen LogP contribution in [-0.2, 0) is 4.79 Å². The van der Waals surface area contributed by atoms with E-state index in [1.807, 2.05) is 6.07 Å². The number of benzene rings is 1. The van der Waals surface area contributed by atoms with E-state index in [4.69, 9.17) is 16.9 Å². The van der Waals surface area contributed by atoms with Gasteiger partial charge in [-0.05, 0) is 18.2 Å². The first kappa shape index (κ1) is 13.8. The van der Waals surface area contributed by atoms with Crippen molar-refractivity contribution in [1.82, 2.24) is 10.6 Å². The summed E-state index contributed by atoms with van der Waals surface area (Å²) >= 11 is 5.80. The molecular weight excluding hydrogens is 256 g/mol. The van der Waals surface area contributed by atoms with Crippen LogP contribution in [0.5, 0.6) is 0 Å². The van der Waals surface area contributed by atoms with Crippen LogP contribution in [0.4, 0.5) is 10.5 Å². The number of nitriles is 1. The van der Waals surface area contributed by atoms with Gasteiger partial charge < -0.3 is 16.0 Å². The molecule has 0 aliphatic carbocycles. The van der Waals surface area contributed by atoms with E-state index in [-0.39, 0.29) is 17.5 Å². The maximum Gasteiger partial charge on any atom is 0.319 e. The number of rotatable bonds is 3. The highest BCUT2D eigenvalue weighted by molar-refractivity contribution is 6.32. The molecule has 94 valence electrons. The Balaban J connectivity index is 2.58. The molecule has 1 rings (SSSR count). The first-order valence-electron chi connectivity index (χ1n) is 5.02. The summed E-state index contributed by atoms with van der Waals surface area (Å²) in [5, 5.41) is 16.2. The quantitative estimate of drug-likeness (QED) is 0.764. The molecule has 0 unspecified atom stereocenters. The Labute approximate surface area is 109 Å². The zero-order chi connectivity index (χ0) is 13.5. The van der Waals surface area contributed by atoms with Gasteiger partial charge in [0.25, 0.3) is 0 Å². The highest BCUT2D eigenvalue weighted by Gasteiger charge is 2.06. The molecule has 0 aliphatic heterocycles. The maximum absolute atomic E-state index is 11.4. The molecule has 1 aromatic carbocycles. The largest absolute Gasteiger partial charge is 0.358 e. The van der Waals surface area contributed by atoms with Gasteiger partial charge in [0.2, 0.25) is 5.91 Å². The Morgan fingerprint density at radius 1 is 1.44 bits per heavy atom. The molecule has 0 heterocycles. The number of likely N-dealkylation sites (N-methyl/N-ethyl adjacent to an activating group) is 1. The van der Waals surface area contributed by atoms with Crippen LogP contribution in [-0.4, -0.2) is 25.5 Å². The summed E-state index contributed by atoms with van der Waals surface area (Å²) < 4.78 is 0. The summed E-state index contributed by atoms with van der Waals surface area (Å²) in [5.41, 5.74) is 0.765. The van der Waals surface area contributed by atoms with Crippen molar-refractivity contribution < 1.29 is 9.59 Å². The van der Waals surface area contributed by atoms with Crippen molar-refractivity contribution in [3.63, 3.8) is 0 Å². The fraction of sp³-hybridized carbons (Fsp3) is 0.182. The van der Waals surface area contributed by atoms with E-state index >= 15 is 0 Å². The van der Waals surface area contributed by atoms with Crippen LogP contribution in [0.15, 0.2) is 18.2 Å². The van der Waals surface area contributed by atoms with Gasteiger partial charge in [0.05, 0.1) is 17.1 Å². The van der Waals surface area contributed by atoms with Crippen molar-refractivity contribution >= 4 is 29.2 Å². The Morgan fingerprint density at radius 2 is 2.17 bits per heavy atom. The molecule has 0 aromatic heterocycles. The highest BCUT2D eigenvalue weighted by Crippen LogP contribution is 2.19. The van der Waals surface area contributed by atoms with Crippen molar-refractivity contribution in [3.05, 3.63) is 28.8 Å². The van der Waals surface area contributed by atoms with Crippen LogP contribution in [0.1, 0.15) is 5.56 Å². The van der Waals surface area contributed by atoms with Gasteiger partial charge in [-0.25, -0.2) is 4.79 Å². The first-order chi connectivity index (χ1) is 8.56. The van der Waals surface area contributed by atoms with Gasteiger partial charge in [-0.2, -0.15) is 5.26 Å². The van der Waals surface area contributed by atoms with E-state index in [1.165, 1.54) is 19.2 Å². The number of halogens is 1. The number of anilines is 1. The van der Waals surface area contributed by atoms with Gasteiger partial charge in [0.1, 0.15) is 6.07 Å². The molecule has 3 N–H and O–H groups in total. The second-order valence-electron chi connectivity index (χ2n) is 3.29. The molecule has 0 saturated carbocycles. The summed E-state index contributed by atoms with van der Waals surface area (Å²) in [6.45, 7) is -0.119. The van der Waals surface area contributed by atoms with Crippen LogP contribution in [0, 0.1) is 11.3 Å². The normalized spacial score (nSPS) is 9.17. The SMILES string of the molecule is CNC(=O)CNC(=O)Nc1ccc(C#N)c(Cl)c1. The van der Waals surface area contributed by atoms with Crippen LogP contribution < -0.4 is 16.0 Å². The lowest BCUT2D eigenvalue weighted by Gasteiger charge is -2.07. The molecule has 0 bridgehead atoms. The topological polar surface area (TPSA) is 94.0 Å². The van der Waals surface area contributed by atoms with Crippen LogP contribution in [0.3, 0.4) is 0 Å². The van der Waals surface area contributed by atoms with Crippen molar-refractivity contribution in [2.75, 3.05) is 18.9 Å². The number of hydrogen-bond acceptors (Lipinski definition) is 3. The highest BCUT2D eigenvalue weighted by atomic mass is 35.5. The van der Waals surface area contributed by atoms with E-state index in [1.54, 1.807) is 6.07 Å². The summed E-state index contributed by atoms with van der Waals surface area (Å²) in [6.07, 6.45) is 0. The minimum Gasteiger partial charge on any atom is -0.358 e. The Kier molecular flexibility index (Phi) is 4.96. The van der Waals surface area contributed by atoms with Crippen molar-refractivity contribution in [1.29, 1.82) is 5.26 Å². The maximum atomic E-state index is 11.4. The predicted octanol–water partition coefficient (Wildman–Crippen LogP) is 1.08. The van der Waals surface area contributed by atoms with Crippen molar-refractivity contribution in [2.45, 2.75) is 0 Å². The third kappa shape index (κ3) is 3.96. The zero-order valence-electron chi connectivity index (χ0n) is 9.58. The molecule has 1 aromatic rings. The number of urea groups is 1. The second kappa shape index (κ2) is 6.47. The number of carbonyl (C=O) groups is 2. The van der Waals surface area contributed by atoms with E-state index in [2.05, 4.69) is 16.0 Å². The van der Waals surface area contributed by atoms with Crippen LogP contribution in [0.2, 0.25) is 5.02 Å². The van der Waals surface area contributed by atoms with Gasteiger partial charge in [-0.1, -0.05) is 11.6 Å². The molecule has 0 fully saturated rings. The van der Waals surface area contributed by atoms with E-state index in [9.17, 15) is 9.59 Å². The first-order valence-corrected chi connectivity index (χ1v) is 5.39. The number of nitrogens with one attached hydrogen (secondary N) is 3. The number of nitrogens with zero attached hydrogens (tertiary/aromatic N) is 1. The van der Waals surface area contributed by atoms with Gasteiger partial charge in [-0.15, -0.1) is 0 Å². The smallest absolute Gasteiger partial charge is 0.319 e. The van der Waals surface area contributed by atoms with Crippen molar-refractivity contribution in [2.24, 2.45) is 0 Å². The molecule has 0 spiro atoms. The standard InChI is InChI=1S/C11H11ClN4O2/c1-14-10(17)6-15-11(18)16-8-3-2-7(5-13)9(12)4-8/h2-4H,6H2,1H3,(H,14,17)(H2,15,16,18). The summed E-state index contributed by atoms with van der Waals surface area (Å²) in [7, 11) is 1.47. The van der Waals surface area contributed by atoms with Crippen LogP contribution in [0.25, 0.3) is 0 Å². The third-order valence-electron chi connectivity index (χ3n) is 2.04. The van der Waals surface area contributed by atoms with Gasteiger partial charge in [-0.3, -0.25) is 4.79 Å². The second-order valence-corrected chi connectivity index (χ2v) is 3.69. The molecule has 0 aliphatic rings. The summed E-state index contributed by atoms with van der Waals surface area (Å²) in [4.78, 5) is 22.3. The van der Waals surface area contributed by atoms with E-state index < -0.39 is 6.03 Å². The molecular formula is C11H11ClN4O2. The Morgan fingerprint density at radius 3 is 2.72 bits per heavy atom. The molecule has 0 saturated heterocycles. The summed E-state index contributed by atoms with van der Waals surface area (Å²) in [6, 6.07) is 5.88. The Hall–Kier alpha value is -2.26. The lowest BCUT2D eigenvalue weighted by molar-refractivity contribution is -0.119. The molecule has 18 heavy (non-hydrogen) atoms.